The van der Waals surface area contributed by atoms with Crippen LogP contribution in [-0.2, 0) is 0 Å². The highest BCUT2D eigenvalue weighted by Gasteiger charge is 2.22. The Morgan fingerprint density at radius 1 is 1.25 bits per heavy atom. The Balaban J connectivity index is 2.56. The standard InChI is InChI=1S/C14H11BrClNO3/c1-19-10-6-5-8(14(20-2)11(10)15)13(18)12-9(16)4-3-7-17-12/h3-7H,1-2H3. The second kappa shape index (κ2) is 6.24. The van der Waals surface area contributed by atoms with Gasteiger partial charge in [-0.1, -0.05) is 11.6 Å². The molecule has 1 aromatic heterocycles. The lowest BCUT2D eigenvalue weighted by Gasteiger charge is -2.12. The van der Waals surface area contributed by atoms with Gasteiger partial charge in [-0.2, -0.15) is 0 Å². The molecule has 2 rings (SSSR count). The highest BCUT2D eigenvalue weighted by atomic mass is 79.9. The van der Waals surface area contributed by atoms with E-state index in [-0.39, 0.29) is 11.5 Å². The molecule has 0 bridgehead atoms. The van der Waals surface area contributed by atoms with Crippen molar-refractivity contribution in [2.75, 3.05) is 14.2 Å². The Bertz CT molecular complexity index is 661. The first-order valence-corrected chi connectivity index (χ1v) is 6.83. The molecule has 1 aromatic carbocycles. The number of hydrogen-bond donors (Lipinski definition) is 0. The van der Waals surface area contributed by atoms with Gasteiger partial charge in [-0.05, 0) is 40.2 Å². The molecule has 104 valence electrons. The van der Waals surface area contributed by atoms with E-state index in [0.29, 0.717) is 26.6 Å². The van der Waals surface area contributed by atoms with Gasteiger partial charge in [-0.3, -0.25) is 9.78 Å². The normalized spacial score (nSPS) is 10.2. The number of methoxy groups -OCH3 is 2. The molecular weight excluding hydrogens is 346 g/mol. The van der Waals surface area contributed by atoms with Gasteiger partial charge in [-0.25, -0.2) is 0 Å². The second-order valence-corrected chi connectivity index (χ2v) is 5.03. The first kappa shape index (κ1) is 14.8. The van der Waals surface area contributed by atoms with Gasteiger partial charge in [-0.15, -0.1) is 0 Å². The van der Waals surface area contributed by atoms with Crippen LogP contribution in [0.2, 0.25) is 5.02 Å². The van der Waals surface area contributed by atoms with Crippen molar-refractivity contribution < 1.29 is 14.3 Å². The van der Waals surface area contributed by atoms with Gasteiger partial charge in [0.05, 0.1) is 24.8 Å². The summed E-state index contributed by atoms with van der Waals surface area (Å²) in [5.41, 5.74) is 0.547. The quantitative estimate of drug-likeness (QED) is 0.783. The van der Waals surface area contributed by atoms with Crippen LogP contribution in [0.3, 0.4) is 0 Å². The maximum atomic E-state index is 12.5. The number of carbonyl (C=O) groups excluding carboxylic acids is 1. The van der Waals surface area contributed by atoms with Crippen molar-refractivity contribution in [2.45, 2.75) is 0 Å². The van der Waals surface area contributed by atoms with Crippen LogP contribution >= 0.6 is 27.5 Å². The van der Waals surface area contributed by atoms with Gasteiger partial charge in [0.2, 0.25) is 5.78 Å². The zero-order valence-corrected chi connectivity index (χ0v) is 13.2. The van der Waals surface area contributed by atoms with Gasteiger partial charge in [0.15, 0.2) is 0 Å². The number of aromatic nitrogens is 1. The smallest absolute Gasteiger partial charge is 0.216 e. The maximum Gasteiger partial charge on any atom is 0.216 e. The highest BCUT2D eigenvalue weighted by molar-refractivity contribution is 9.10. The number of hydrogen-bond acceptors (Lipinski definition) is 4. The number of ether oxygens (including phenoxy) is 2. The van der Waals surface area contributed by atoms with Gasteiger partial charge < -0.3 is 9.47 Å². The molecule has 0 saturated carbocycles. The summed E-state index contributed by atoms with van der Waals surface area (Å²) in [6, 6.07) is 6.58. The number of halogens is 2. The fourth-order valence-electron chi connectivity index (χ4n) is 1.75. The van der Waals surface area contributed by atoms with E-state index in [2.05, 4.69) is 20.9 Å². The summed E-state index contributed by atoms with van der Waals surface area (Å²) < 4.78 is 11.0. The first-order chi connectivity index (χ1) is 9.60. The molecule has 0 aliphatic heterocycles. The number of nitrogens with zero attached hydrogens (tertiary/aromatic N) is 1. The van der Waals surface area contributed by atoms with Crippen LogP contribution < -0.4 is 9.47 Å². The highest BCUT2D eigenvalue weighted by Crippen LogP contribution is 2.38. The third-order valence-electron chi connectivity index (χ3n) is 2.70. The molecule has 6 heteroatoms. The number of ketones is 1. The number of carbonyl (C=O) groups is 1. The predicted octanol–water partition coefficient (Wildman–Crippen LogP) is 3.75. The number of rotatable bonds is 4. The van der Waals surface area contributed by atoms with Gasteiger partial charge >= 0.3 is 0 Å². The van der Waals surface area contributed by atoms with E-state index < -0.39 is 0 Å². The van der Waals surface area contributed by atoms with Crippen LogP contribution in [0.4, 0.5) is 0 Å². The van der Waals surface area contributed by atoms with Crippen molar-refractivity contribution in [1.29, 1.82) is 0 Å². The lowest BCUT2D eigenvalue weighted by atomic mass is 10.1. The van der Waals surface area contributed by atoms with Crippen molar-refractivity contribution in [2.24, 2.45) is 0 Å². The zero-order chi connectivity index (χ0) is 14.7. The van der Waals surface area contributed by atoms with E-state index in [1.807, 2.05) is 0 Å². The average Bonchev–Trinajstić information content (AvgIpc) is 2.46. The average molecular weight is 357 g/mol. The summed E-state index contributed by atoms with van der Waals surface area (Å²) in [5.74, 6) is 0.650. The third kappa shape index (κ3) is 2.64. The molecule has 1 heterocycles. The van der Waals surface area contributed by atoms with Crippen LogP contribution in [0.5, 0.6) is 11.5 Å². The molecule has 0 aliphatic rings. The van der Waals surface area contributed by atoms with Gasteiger partial charge in [0.1, 0.15) is 21.7 Å². The monoisotopic (exact) mass is 355 g/mol. The lowest BCUT2D eigenvalue weighted by Crippen LogP contribution is -2.07. The van der Waals surface area contributed by atoms with Crippen LogP contribution in [0.1, 0.15) is 16.1 Å². The Kier molecular flexibility index (Phi) is 4.62. The fourth-order valence-corrected chi connectivity index (χ4v) is 2.63. The van der Waals surface area contributed by atoms with Crippen molar-refractivity contribution in [3.8, 4) is 11.5 Å². The molecule has 0 aliphatic carbocycles. The van der Waals surface area contributed by atoms with Crippen LogP contribution in [0.25, 0.3) is 0 Å². The molecule has 0 radical (unpaired) electrons. The minimum Gasteiger partial charge on any atom is -0.495 e. The summed E-state index contributed by atoms with van der Waals surface area (Å²) in [6.45, 7) is 0. The zero-order valence-electron chi connectivity index (χ0n) is 10.8. The van der Waals surface area contributed by atoms with Gasteiger partial charge in [0, 0.05) is 6.20 Å². The van der Waals surface area contributed by atoms with Gasteiger partial charge in [0.25, 0.3) is 0 Å². The van der Waals surface area contributed by atoms with Crippen molar-refractivity contribution in [1.82, 2.24) is 4.98 Å². The van der Waals surface area contributed by atoms with Crippen LogP contribution in [0.15, 0.2) is 34.9 Å². The molecule has 0 unspecified atom stereocenters. The Hall–Kier alpha value is -1.59. The third-order valence-corrected chi connectivity index (χ3v) is 3.76. The Morgan fingerprint density at radius 3 is 2.60 bits per heavy atom. The maximum absolute atomic E-state index is 12.5. The van der Waals surface area contributed by atoms with Crippen LogP contribution in [-0.4, -0.2) is 25.0 Å². The lowest BCUT2D eigenvalue weighted by molar-refractivity contribution is 0.103. The molecule has 0 spiro atoms. The molecule has 2 aromatic rings. The molecule has 20 heavy (non-hydrogen) atoms. The molecule has 0 atom stereocenters. The topological polar surface area (TPSA) is 48.4 Å². The largest absolute Gasteiger partial charge is 0.495 e. The summed E-state index contributed by atoms with van der Waals surface area (Å²) in [6.07, 6.45) is 1.52. The van der Waals surface area contributed by atoms with E-state index >= 15 is 0 Å². The minimum absolute atomic E-state index is 0.185. The number of benzene rings is 1. The summed E-state index contributed by atoms with van der Waals surface area (Å²) >= 11 is 9.36. The van der Waals surface area contributed by atoms with E-state index in [0.717, 1.165) is 0 Å². The van der Waals surface area contributed by atoms with E-state index in [1.165, 1.54) is 20.4 Å². The summed E-state index contributed by atoms with van der Waals surface area (Å²) in [5, 5.41) is 0.298. The van der Waals surface area contributed by atoms with E-state index in [4.69, 9.17) is 21.1 Å². The van der Waals surface area contributed by atoms with Crippen molar-refractivity contribution in [3.63, 3.8) is 0 Å². The fraction of sp³-hybridized carbons (Fsp3) is 0.143. The molecule has 0 saturated heterocycles. The molecule has 0 amide bonds. The number of pyridine rings is 1. The molecule has 0 fully saturated rings. The van der Waals surface area contributed by atoms with E-state index in [1.54, 1.807) is 24.3 Å². The van der Waals surface area contributed by atoms with Crippen LogP contribution in [0, 0.1) is 0 Å². The van der Waals surface area contributed by atoms with E-state index in [9.17, 15) is 4.79 Å². The summed E-state index contributed by atoms with van der Waals surface area (Å²) in [4.78, 5) is 16.5. The minimum atomic E-state index is -0.309. The molecular formula is C14H11BrClNO3. The van der Waals surface area contributed by atoms with Crippen molar-refractivity contribution >= 4 is 33.3 Å². The first-order valence-electron chi connectivity index (χ1n) is 5.65. The SMILES string of the molecule is COc1ccc(C(=O)c2ncccc2Cl)c(OC)c1Br. The molecule has 0 N–H and O–H groups in total. The Labute approximate surface area is 129 Å². The van der Waals surface area contributed by atoms with Crippen molar-refractivity contribution in [3.05, 3.63) is 51.2 Å². The predicted molar refractivity (Wildman–Crippen MR) is 79.9 cm³/mol. The Morgan fingerprint density at radius 2 is 2.00 bits per heavy atom. The molecule has 4 nitrogen and oxygen atoms in total. The summed E-state index contributed by atoms with van der Waals surface area (Å²) in [7, 11) is 3.02. The second-order valence-electron chi connectivity index (χ2n) is 3.83.